The molecule has 1 atom stereocenters. The number of likely N-dealkylation sites (tertiary alicyclic amines) is 1. The maximum atomic E-state index is 6.28. The van der Waals surface area contributed by atoms with Crippen molar-refractivity contribution in [3.8, 4) is 0 Å². The lowest BCUT2D eigenvalue weighted by atomic mass is 9.96. The highest BCUT2D eigenvalue weighted by Gasteiger charge is 2.24. The van der Waals surface area contributed by atoms with E-state index in [1.54, 1.807) is 0 Å². The summed E-state index contributed by atoms with van der Waals surface area (Å²) in [7, 11) is 0. The van der Waals surface area contributed by atoms with Crippen molar-refractivity contribution in [2.45, 2.75) is 83.2 Å². The molecule has 3 heteroatoms. The summed E-state index contributed by atoms with van der Waals surface area (Å²) in [5.74, 6) is 0.833. The first-order chi connectivity index (χ1) is 8.81. The van der Waals surface area contributed by atoms with E-state index in [1.807, 2.05) is 0 Å². The van der Waals surface area contributed by atoms with E-state index in [-0.39, 0.29) is 0 Å². The normalized spacial score (nSPS) is 27.5. The Hall–Kier alpha value is -0.730. The molecule has 0 bridgehead atoms. The van der Waals surface area contributed by atoms with Gasteiger partial charge in [-0.15, -0.1) is 0 Å². The van der Waals surface area contributed by atoms with E-state index in [9.17, 15) is 0 Å². The van der Waals surface area contributed by atoms with E-state index >= 15 is 0 Å². The number of hydrogen-bond donors (Lipinski definition) is 1. The average Bonchev–Trinajstić information content (AvgIpc) is 2.41. The third-order valence-electron chi connectivity index (χ3n) is 4.43. The van der Waals surface area contributed by atoms with Crippen LogP contribution >= 0.6 is 0 Å². The Morgan fingerprint density at radius 2 is 1.83 bits per heavy atom. The van der Waals surface area contributed by atoms with Gasteiger partial charge in [-0.25, -0.2) is 4.99 Å². The summed E-state index contributed by atoms with van der Waals surface area (Å²) in [4.78, 5) is 7.20. The molecule has 3 nitrogen and oxygen atoms in total. The maximum Gasteiger partial charge on any atom is 0.191 e. The quantitative estimate of drug-likeness (QED) is 0.618. The fourth-order valence-corrected chi connectivity index (χ4v) is 3.41. The van der Waals surface area contributed by atoms with E-state index in [0.717, 1.165) is 12.5 Å². The van der Waals surface area contributed by atoms with Crippen LogP contribution in [0.4, 0.5) is 0 Å². The summed E-state index contributed by atoms with van der Waals surface area (Å²) in [6.07, 6.45) is 13.0. The molecule has 0 aromatic heterocycles. The molecule has 2 N–H and O–H groups in total. The zero-order chi connectivity index (χ0) is 12.8. The number of guanidine groups is 1. The third kappa shape index (κ3) is 3.63. The lowest BCUT2D eigenvalue weighted by Gasteiger charge is -2.37. The molecule has 1 aliphatic heterocycles. The van der Waals surface area contributed by atoms with Crippen molar-refractivity contribution in [1.82, 2.24) is 4.90 Å². The predicted molar refractivity (Wildman–Crippen MR) is 77.7 cm³/mol. The van der Waals surface area contributed by atoms with E-state index < -0.39 is 0 Å². The average molecular weight is 251 g/mol. The lowest BCUT2D eigenvalue weighted by Crippen LogP contribution is -2.48. The Morgan fingerprint density at radius 3 is 2.56 bits per heavy atom. The van der Waals surface area contributed by atoms with Gasteiger partial charge in [-0.05, 0) is 38.5 Å². The summed E-state index contributed by atoms with van der Waals surface area (Å²) in [6.45, 7) is 3.38. The highest BCUT2D eigenvalue weighted by molar-refractivity contribution is 5.78. The summed E-state index contributed by atoms with van der Waals surface area (Å²) >= 11 is 0. The maximum absolute atomic E-state index is 6.28. The molecule has 2 fully saturated rings. The van der Waals surface area contributed by atoms with Gasteiger partial charge in [-0.2, -0.15) is 0 Å². The van der Waals surface area contributed by atoms with Crippen molar-refractivity contribution in [1.29, 1.82) is 0 Å². The lowest BCUT2D eigenvalue weighted by molar-refractivity contribution is 0.224. The van der Waals surface area contributed by atoms with Crippen LogP contribution in [0.1, 0.15) is 71.1 Å². The first-order valence-electron chi connectivity index (χ1n) is 7.91. The molecule has 1 heterocycles. The van der Waals surface area contributed by atoms with Gasteiger partial charge in [0.15, 0.2) is 5.96 Å². The third-order valence-corrected chi connectivity index (χ3v) is 4.43. The second-order valence-corrected chi connectivity index (χ2v) is 5.91. The summed E-state index contributed by atoms with van der Waals surface area (Å²) in [5.41, 5.74) is 6.28. The summed E-state index contributed by atoms with van der Waals surface area (Å²) in [6, 6.07) is 1.15. The molecule has 0 aromatic rings. The van der Waals surface area contributed by atoms with Crippen LogP contribution in [0.3, 0.4) is 0 Å². The standard InChI is InChI=1S/C15H29N3/c1-2-8-14-11-6-7-12-18(14)15(16)17-13-9-4-3-5-10-13/h13-14H,2-12H2,1H3,(H2,16,17). The van der Waals surface area contributed by atoms with Gasteiger partial charge in [0, 0.05) is 12.6 Å². The number of piperidine rings is 1. The van der Waals surface area contributed by atoms with Gasteiger partial charge >= 0.3 is 0 Å². The summed E-state index contributed by atoms with van der Waals surface area (Å²) in [5, 5.41) is 0. The number of hydrogen-bond acceptors (Lipinski definition) is 1. The minimum absolute atomic E-state index is 0.503. The van der Waals surface area contributed by atoms with Crippen molar-refractivity contribution in [3.05, 3.63) is 0 Å². The predicted octanol–water partition coefficient (Wildman–Crippen LogP) is 3.29. The van der Waals surface area contributed by atoms with Gasteiger partial charge in [0.05, 0.1) is 6.04 Å². The van der Waals surface area contributed by atoms with Gasteiger partial charge in [-0.3, -0.25) is 0 Å². The fraction of sp³-hybridized carbons (Fsp3) is 0.933. The highest BCUT2D eigenvalue weighted by Crippen LogP contribution is 2.23. The molecular weight excluding hydrogens is 222 g/mol. The first-order valence-corrected chi connectivity index (χ1v) is 7.91. The van der Waals surface area contributed by atoms with E-state index in [0.29, 0.717) is 12.1 Å². The van der Waals surface area contributed by atoms with Crippen LogP contribution in [-0.4, -0.2) is 29.5 Å². The van der Waals surface area contributed by atoms with Crippen molar-refractivity contribution in [2.75, 3.05) is 6.54 Å². The zero-order valence-electron chi connectivity index (χ0n) is 11.9. The zero-order valence-corrected chi connectivity index (χ0v) is 11.9. The van der Waals surface area contributed by atoms with Crippen molar-refractivity contribution in [2.24, 2.45) is 10.7 Å². The van der Waals surface area contributed by atoms with E-state index in [2.05, 4.69) is 11.8 Å². The second-order valence-electron chi connectivity index (χ2n) is 5.91. The Labute approximate surface area is 112 Å². The molecule has 0 amide bonds. The molecule has 2 rings (SSSR count). The highest BCUT2D eigenvalue weighted by atomic mass is 15.3. The SMILES string of the molecule is CCCC1CCCCN1C(N)=NC1CCCCC1. The molecule has 18 heavy (non-hydrogen) atoms. The van der Waals surface area contributed by atoms with Crippen LogP contribution in [-0.2, 0) is 0 Å². The van der Waals surface area contributed by atoms with Crippen LogP contribution < -0.4 is 5.73 Å². The van der Waals surface area contributed by atoms with Gasteiger partial charge in [-0.1, -0.05) is 32.6 Å². The van der Waals surface area contributed by atoms with Crippen LogP contribution in [0.2, 0.25) is 0 Å². The Morgan fingerprint density at radius 1 is 1.11 bits per heavy atom. The number of aliphatic imine (C=N–C) groups is 1. The number of nitrogens with two attached hydrogens (primary N) is 1. The molecule has 104 valence electrons. The smallest absolute Gasteiger partial charge is 0.191 e. The Balaban J connectivity index is 1.95. The van der Waals surface area contributed by atoms with Crippen LogP contribution in [0.25, 0.3) is 0 Å². The molecular formula is C15H29N3. The van der Waals surface area contributed by atoms with Crippen LogP contribution in [0, 0.1) is 0 Å². The molecule has 1 unspecified atom stereocenters. The summed E-state index contributed by atoms with van der Waals surface area (Å²) < 4.78 is 0. The molecule has 1 aliphatic carbocycles. The van der Waals surface area contributed by atoms with Crippen molar-refractivity contribution < 1.29 is 0 Å². The van der Waals surface area contributed by atoms with Gasteiger partial charge in [0.25, 0.3) is 0 Å². The van der Waals surface area contributed by atoms with E-state index in [1.165, 1.54) is 64.2 Å². The largest absolute Gasteiger partial charge is 0.370 e. The van der Waals surface area contributed by atoms with E-state index in [4.69, 9.17) is 10.7 Å². The second kappa shape index (κ2) is 7.01. The molecule has 1 saturated heterocycles. The molecule has 1 saturated carbocycles. The van der Waals surface area contributed by atoms with Gasteiger partial charge < -0.3 is 10.6 Å². The first kappa shape index (κ1) is 13.7. The molecule has 0 radical (unpaired) electrons. The van der Waals surface area contributed by atoms with Gasteiger partial charge in [0.1, 0.15) is 0 Å². The monoisotopic (exact) mass is 251 g/mol. The molecule has 0 aromatic carbocycles. The minimum Gasteiger partial charge on any atom is -0.370 e. The topological polar surface area (TPSA) is 41.6 Å². The number of nitrogens with zero attached hydrogens (tertiary/aromatic N) is 2. The molecule has 0 spiro atoms. The number of rotatable bonds is 3. The minimum atomic E-state index is 0.503. The Bertz CT molecular complexity index is 267. The van der Waals surface area contributed by atoms with Crippen molar-refractivity contribution in [3.63, 3.8) is 0 Å². The fourth-order valence-electron chi connectivity index (χ4n) is 3.41. The van der Waals surface area contributed by atoms with Crippen molar-refractivity contribution >= 4 is 5.96 Å². The van der Waals surface area contributed by atoms with Crippen LogP contribution in [0.5, 0.6) is 0 Å². The van der Waals surface area contributed by atoms with Crippen LogP contribution in [0.15, 0.2) is 4.99 Å². The molecule has 2 aliphatic rings. The Kier molecular flexibility index (Phi) is 5.33. The van der Waals surface area contributed by atoms with Gasteiger partial charge in [0.2, 0.25) is 0 Å².